The minimum Gasteiger partial charge on any atom is -0.380 e. The maximum Gasteiger partial charge on any atom is 0.149 e. The van der Waals surface area contributed by atoms with Crippen molar-refractivity contribution in [3.63, 3.8) is 0 Å². The van der Waals surface area contributed by atoms with E-state index in [1.165, 1.54) is 0 Å². The van der Waals surface area contributed by atoms with Gasteiger partial charge in [0.2, 0.25) is 0 Å². The molecular formula is C26H34FN5O. The molecule has 4 heterocycles. The van der Waals surface area contributed by atoms with Crippen LogP contribution in [-0.4, -0.2) is 52.6 Å². The molecule has 3 atom stereocenters. The van der Waals surface area contributed by atoms with Gasteiger partial charge in [0.05, 0.1) is 12.3 Å². The van der Waals surface area contributed by atoms with E-state index in [-0.39, 0.29) is 11.9 Å². The molecule has 0 amide bonds. The molecule has 2 aliphatic rings. The average Bonchev–Trinajstić information content (AvgIpc) is 3.46. The molecule has 176 valence electrons. The number of rotatable bonds is 5. The summed E-state index contributed by atoms with van der Waals surface area (Å²) in [4.78, 5) is 7.31. The van der Waals surface area contributed by atoms with Gasteiger partial charge in [0.1, 0.15) is 17.2 Å². The highest BCUT2D eigenvalue weighted by Crippen LogP contribution is 2.39. The fraction of sp³-hybridized carbons (Fsp3) is 0.538. The number of aromatic nitrogens is 3. The zero-order chi connectivity index (χ0) is 23.1. The van der Waals surface area contributed by atoms with E-state index >= 15 is 4.39 Å². The SMILES string of the molecule is CCc1cc(F)c2nc(N3CC[C@@H](N[C@@H]4CCOC4)C[C@H]3C)c(-c3ccn(C)n3)c(C)c2c1. The molecule has 7 heteroatoms. The lowest BCUT2D eigenvalue weighted by atomic mass is 9.94. The minimum atomic E-state index is -0.244. The van der Waals surface area contributed by atoms with Gasteiger partial charge < -0.3 is 15.0 Å². The van der Waals surface area contributed by atoms with E-state index in [0.717, 1.165) is 79.0 Å². The van der Waals surface area contributed by atoms with Crippen LogP contribution in [0.25, 0.3) is 22.2 Å². The van der Waals surface area contributed by atoms with Gasteiger partial charge in [-0.2, -0.15) is 5.10 Å². The fourth-order valence-corrected chi connectivity index (χ4v) is 5.42. The number of fused-ring (bicyclic) bond motifs is 1. The molecule has 0 aliphatic carbocycles. The van der Waals surface area contributed by atoms with Gasteiger partial charge in [-0.1, -0.05) is 6.92 Å². The minimum absolute atomic E-state index is 0.244. The Balaban J connectivity index is 1.56. The van der Waals surface area contributed by atoms with Crippen LogP contribution in [0.4, 0.5) is 10.2 Å². The van der Waals surface area contributed by atoms with Gasteiger partial charge in [-0.25, -0.2) is 9.37 Å². The predicted octanol–water partition coefficient (Wildman–Crippen LogP) is 4.38. The third-order valence-corrected chi connectivity index (χ3v) is 7.27. The van der Waals surface area contributed by atoms with Crippen LogP contribution in [-0.2, 0) is 18.2 Å². The molecule has 1 aromatic carbocycles. The largest absolute Gasteiger partial charge is 0.380 e. The molecule has 0 radical (unpaired) electrons. The smallest absolute Gasteiger partial charge is 0.149 e. The Morgan fingerprint density at radius 3 is 2.76 bits per heavy atom. The number of halogens is 1. The molecule has 2 fully saturated rings. The molecule has 2 aliphatic heterocycles. The van der Waals surface area contributed by atoms with Crippen LogP contribution in [0.3, 0.4) is 0 Å². The van der Waals surface area contributed by atoms with E-state index in [2.05, 4.69) is 37.1 Å². The molecule has 33 heavy (non-hydrogen) atoms. The van der Waals surface area contributed by atoms with E-state index in [4.69, 9.17) is 14.8 Å². The number of hydrogen-bond acceptors (Lipinski definition) is 5. The second-order valence-corrected chi connectivity index (χ2v) is 9.63. The molecule has 3 aromatic rings. The molecule has 5 rings (SSSR count). The van der Waals surface area contributed by atoms with Gasteiger partial charge in [-0.3, -0.25) is 4.68 Å². The zero-order valence-corrected chi connectivity index (χ0v) is 20.1. The highest BCUT2D eigenvalue weighted by Gasteiger charge is 2.31. The highest BCUT2D eigenvalue weighted by atomic mass is 19.1. The molecule has 1 N–H and O–H groups in total. The molecule has 0 unspecified atom stereocenters. The lowest BCUT2D eigenvalue weighted by Crippen LogP contribution is -2.50. The fourth-order valence-electron chi connectivity index (χ4n) is 5.42. The second-order valence-electron chi connectivity index (χ2n) is 9.63. The van der Waals surface area contributed by atoms with Gasteiger partial charge in [-0.15, -0.1) is 0 Å². The number of pyridine rings is 1. The van der Waals surface area contributed by atoms with E-state index in [1.807, 2.05) is 24.0 Å². The first-order valence-corrected chi connectivity index (χ1v) is 12.2. The predicted molar refractivity (Wildman–Crippen MR) is 130 cm³/mol. The Hall–Kier alpha value is -2.51. The summed E-state index contributed by atoms with van der Waals surface area (Å²) in [6, 6.07) is 6.94. The Labute approximate surface area is 195 Å². The van der Waals surface area contributed by atoms with Crippen LogP contribution in [0, 0.1) is 12.7 Å². The average molecular weight is 452 g/mol. The number of aryl methyl sites for hydroxylation is 3. The first kappa shape index (κ1) is 22.3. The monoisotopic (exact) mass is 451 g/mol. The van der Waals surface area contributed by atoms with Gasteiger partial charge in [0, 0.05) is 55.5 Å². The summed E-state index contributed by atoms with van der Waals surface area (Å²) >= 11 is 0. The van der Waals surface area contributed by atoms with Crippen LogP contribution >= 0.6 is 0 Å². The summed E-state index contributed by atoms with van der Waals surface area (Å²) in [5.41, 5.74) is 4.38. The molecule has 0 bridgehead atoms. The summed E-state index contributed by atoms with van der Waals surface area (Å²) < 4.78 is 22.5. The Bertz CT molecular complexity index is 1150. The summed E-state index contributed by atoms with van der Waals surface area (Å²) in [5, 5.41) is 9.37. The summed E-state index contributed by atoms with van der Waals surface area (Å²) in [5.74, 6) is 0.601. The Morgan fingerprint density at radius 1 is 1.24 bits per heavy atom. The number of hydrogen-bond donors (Lipinski definition) is 1. The van der Waals surface area contributed by atoms with E-state index in [0.29, 0.717) is 17.6 Å². The highest BCUT2D eigenvalue weighted by molar-refractivity contribution is 5.94. The normalized spacial score (nSPS) is 23.5. The van der Waals surface area contributed by atoms with Gasteiger partial charge in [-0.05, 0) is 68.9 Å². The van der Waals surface area contributed by atoms with Crippen LogP contribution < -0.4 is 10.2 Å². The first-order valence-electron chi connectivity index (χ1n) is 12.2. The van der Waals surface area contributed by atoms with Crippen LogP contribution in [0.1, 0.15) is 44.2 Å². The van der Waals surface area contributed by atoms with Crippen molar-refractivity contribution < 1.29 is 9.13 Å². The van der Waals surface area contributed by atoms with Crippen molar-refractivity contribution in [3.8, 4) is 11.3 Å². The van der Waals surface area contributed by atoms with Crippen molar-refractivity contribution >= 4 is 16.7 Å². The van der Waals surface area contributed by atoms with Crippen molar-refractivity contribution in [2.75, 3.05) is 24.7 Å². The topological polar surface area (TPSA) is 55.2 Å². The zero-order valence-electron chi connectivity index (χ0n) is 20.1. The summed E-state index contributed by atoms with van der Waals surface area (Å²) in [6.45, 7) is 8.91. The van der Waals surface area contributed by atoms with Gasteiger partial charge in [0.15, 0.2) is 0 Å². The second kappa shape index (κ2) is 9.03. The molecule has 6 nitrogen and oxygen atoms in total. The standard InChI is InChI=1S/C26H34FN5O/c1-5-18-13-21-17(3)24(23-7-9-31(4)30-23)26(29-25(21)22(27)14-18)32-10-6-19(12-16(32)2)28-20-8-11-33-15-20/h7,9,13-14,16,19-20,28H,5-6,8,10-12,15H2,1-4H3/t16-,19-,20-/m1/s1. The Morgan fingerprint density at radius 2 is 2.09 bits per heavy atom. The molecule has 2 saturated heterocycles. The van der Waals surface area contributed by atoms with Gasteiger partial charge >= 0.3 is 0 Å². The lowest BCUT2D eigenvalue weighted by Gasteiger charge is -2.40. The first-order chi connectivity index (χ1) is 15.9. The number of nitrogens with zero attached hydrogens (tertiary/aromatic N) is 4. The van der Waals surface area contributed by atoms with Gasteiger partial charge in [0.25, 0.3) is 0 Å². The number of anilines is 1. The number of nitrogens with one attached hydrogen (secondary N) is 1. The third-order valence-electron chi connectivity index (χ3n) is 7.27. The summed E-state index contributed by atoms with van der Waals surface area (Å²) in [6.07, 6.45) is 5.88. The van der Waals surface area contributed by atoms with Crippen LogP contribution in [0.2, 0.25) is 0 Å². The maximum atomic E-state index is 15.2. The molecule has 0 spiro atoms. The number of ether oxygens (including phenoxy) is 1. The van der Waals surface area contributed by atoms with Crippen molar-refractivity contribution in [1.29, 1.82) is 0 Å². The van der Waals surface area contributed by atoms with Crippen molar-refractivity contribution in [1.82, 2.24) is 20.1 Å². The van der Waals surface area contributed by atoms with Crippen molar-refractivity contribution in [2.45, 2.75) is 64.6 Å². The molecule has 2 aromatic heterocycles. The molecule has 0 saturated carbocycles. The van der Waals surface area contributed by atoms with E-state index < -0.39 is 0 Å². The van der Waals surface area contributed by atoms with Crippen molar-refractivity contribution in [2.24, 2.45) is 7.05 Å². The number of piperidine rings is 1. The van der Waals surface area contributed by atoms with Crippen molar-refractivity contribution in [3.05, 3.63) is 41.3 Å². The third kappa shape index (κ3) is 4.24. The number of benzene rings is 1. The maximum absolute atomic E-state index is 15.2. The van der Waals surface area contributed by atoms with Crippen LogP contribution in [0.5, 0.6) is 0 Å². The Kier molecular flexibility index (Phi) is 6.10. The quantitative estimate of drug-likeness (QED) is 0.624. The van der Waals surface area contributed by atoms with Crippen LogP contribution in [0.15, 0.2) is 24.4 Å². The lowest BCUT2D eigenvalue weighted by molar-refractivity contribution is 0.185. The van der Waals surface area contributed by atoms with E-state index in [1.54, 1.807) is 6.07 Å². The molecular weight excluding hydrogens is 417 g/mol. The van der Waals surface area contributed by atoms with E-state index in [9.17, 15) is 0 Å². The summed E-state index contributed by atoms with van der Waals surface area (Å²) in [7, 11) is 1.92.